The number of hydrogen-bond donors (Lipinski definition) is 0. The minimum absolute atomic E-state index is 0.170. The first kappa shape index (κ1) is 19.3. The summed E-state index contributed by atoms with van der Waals surface area (Å²) in [5.74, 6) is 0.542. The summed E-state index contributed by atoms with van der Waals surface area (Å²) in [4.78, 5) is 17.0. The van der Waals surface area contributed by atoms with Gasteiger partial charge in [0.05, 0.1) is 12.8 Å². The van der Waals surface area contributed by atoms with Gasteiger partial charge in [-0.2, -0.15) is 0 Å². The molecule has 1 fully saturated rings. The van der Waals surface area contributed by atoms with Gasteiger partial charge in [-0.1, -0.05) is 18.2 Å². The molecule has 7 heteroatoms. The lowest BCUT2D eigenvalue weighted by atomic mass is 9.96. The van der Waals surface area contributed by atoms with Crippen molar-refractivity contribution in [2.75, 3.05) is 50.9 Å². The number of fused-ring (bicyclic) bond motifs is 1. The van der Waals surface area contributed by atoms with Crippen LogP contribution in [-0.2, 0) is 21.2 Å². The van der Waals surface area contributed by atoms with Crippen LogP contribution in [0.4, 0.5) is 5.69 Å². The Morgan fingerprint density at radius 1 is 1.19 bits per heavy atom. The third-order valence-corrected chi connectivity index (χ3v) is 6.84. The van der Waals surface area contributed by atoms with Crippen LogP contribution >= 0.6 is 0 Å². The van der Waals surface area contributed by atoms with E-state index in [1.54, 1.807) is 7.05 Å². The molecule has 0 bridgehead atoms. The largest absolute Gasteiger partial charge is 0.311 e. The fourth-order valence-corrected chi connectivity index (χ4v) is 4.38. The molecule has 3 rings (SSSR count). The van der Waals surface area contributed by atoms with Crippen molar-refractivity contribution in [2.45, 2.75) is 25.7 Å². The first-order chi connectivity index (χ1) is 12.3. The van der Waals surface area contributed by atoms with Gasteiger partial charge < -0.3 is 4.90 Å². The topological polar surface area (TPSA) is 60.9 Å². The normalized spacial score (nSPS) is 19.6. The highest BCUT2D eigenvalue weighted by molar-refractivity contribution is 7.88. The van der Waals surface area contributed by atoms with E-state index in [-0.39, 0.29) is 5.91 Å². The number of benzene rings is 1. The summed E-state index contributed by atoms with van der Waals surface area (Å²) in [6, 6.07) is 8.18. The third-order valence-electron chi connectivity index (χ3n) is 5.56. The van der Waals surface area contributed by atoms with E-state index in [1.807, 2.05) is 23.1 Å². The molecule has 0 atom stereocenters. The molecular formula is C19H29N3O3S. The second-order valence-corrected chi connectivity index (χ2v) is 9.63. The van der Waals surface area contributed by atoms with E-state index in [1.165, 1.54) is 16.1 Å². The lowest BCUT2D eigenvalue weighted by molar-refractivity contribution is -0.120. The first-order valence-electron chi connectivity index (χ1n) is 9.36. The second kappa shape index (κ2) is 8.06. The zero-order chi connectivity index (χ0) is 18.7. The molecule has 0 aliphatic carbocycles. The van der Waals surface area contributed by atoms with E-state index >= 15 is 0 Å². The minimum Gasteiger partial charge on any atom is -0.311 e. The number of aryl methyl sites for hydroxylation is 1. The molecule has 0 radical (unpaired) electrons. The summed E-state index contributed by atoms with van der Waals surface area (Å²) in [7, 11) is -1.48. The lowest BCUT2D eigenvalue weighted by Gasteiger charge is -2.35. The van der Waals surface area contributed by atoms with Crippen LogP contribution in [-0.4, -0.2) is 69.6 Å². The summed E-state index contributed by atoms with van der Waals surface area (Å²) in [6.45, 7) is 3.52. The van der Waals surface area contributed by atoms with Crippen molar-refractivity contribution in [3.05, 3.63) is 29.8 Å². The molecule has 2 aliphatic rings. The van der Waals surface area contributed by atoms with Crippen molar-refractivity contribution >= 4 is 21.6 Å². The zero-order valence-electron chi connectivity index (χ0n) is 15.7. The number of piperidine rings is 1. The summed E-state index contributed by atoms with van der Waals surface area (Å²) < 4.78 is 24.5. The number of carbonyl (C=O) groups is 1. The smallest absolute Gasteiger partial charge is 0.241 e. The molecule has 1 amide bonds. The van der Waals surface area contributed by atoms with Gasteiger partial charge >= 0.3 is 0 Å². The Kier molecular flexibility index (Phi) is 5.99. The molecule has 2 aliphatic heterocycles. The fraction of sp³-hybridized carbons (Fsp3) is 0.632. The number of sulfonamides is 1. The van der Waals surface area contributed by atoms with E-state index < -0.39 is 10.0 Å². The average Bonchev–Trinajstić information content (AvgIpc) is 2.62. The molecule has 0 saturated carbocycles. The summed E-state index contributed by atoms with van der Waals surface area (Å²) >= 11 is 0. The number of amides is 1. The maximum absolute atomic E-state index is 12.8. The van der Waals surface area contributed by atoms with Crippen molar-refractivity contribution in [1.29, 1.82) is 0 Å². The van der Waals surface area contributed by atoms with Gasteiger partial charge in [0.25, 0.3) is 0 Å². The standard InChI is InChI=1S/C19H29N3O3S/c1-20(26(2,24)25)14-16-9-12-21(13-10-16)15-19(23)22-11-5-7-17-6-3-4-8-18(17)22/h3-4,6,8,16H,5,7,9-15H2,1-2H3. The highest BCUT2D eigenvalue weighted by atomic mass is 32.2. The van der Waals surface area contributed by atoms with Crippen LogP contribution in [0.5, 0.6) is 0 Å². The van der Waals surface area contributed by atoms with Crippen LogP contribution in [0.2, 0.25) is 0 Å². The highest BCUT2D eigenvalue weighted by Gasteiger charge is 2.27. The van der Waals surface area contributed by atoms with Crippen molar-refractivity contribution in [2.24, 2.45) is 5.92 Å². The number of hydrogen-bond acceptors (Lipinski definition) is 4. The van der Waals surface area contributed by atoms with Gasteiger partial charge in [-0.05, 0) is 56.3 Å². The van der Waals surface area contributed by atoms with Gasteiger partial charge in [-0.3, -0.25) is 9.69 Å². The third kappa shape index (κ3) is 4.64. The minimum atomic E-state index is -3.12. The molecular weight excluding hydrogens is 350 g/mol. The van der Waals surface area contributed by atoms with Gasteiger partial charge in [0, 0.05) is 25.8 Å². The Bertz CT molecular complexity index is 742. The molecule has 1 saturated heterocycles. The fourth-order valence-electron chi connectivity index (χ4n) is 3.90. The highest BCUT2D eigenvalue weighted by Crippen LogP contribution is 2.27. The molecule has 0 spiro atoms. The van der Waals surface area contributed by atoms with Crippen LogP contribution in [0.15, 0.2) is 24.3 Å². The molecule has 0 aromatic heterocycles. The number of anilines is 1. The Hall–Kier alpha value is -1.44. The van der Waals surface area contributed by atoms with Gasteiger partial charge in [0.15, 0.2) is 0 Å². The Morgan fingerprint density at radius 2 is 1.88 bits per heavy atom. The number of carbonyl (C=O) groups excluding carboxylic acids is 1. The van der Waals surface area contributed by atoms with E-state index in [9.17, 15) is 13.2 Å². The zero-order valence-corrected chi connectivity index (χ0v) is 16.5. The van der Waals surface area contributed by atoms with Gasteiger partial charge in [-0.15, -0.1) is 0 Å². The monoisotopic (exact) mass is 379 g/mol. The molecule has 1 aromatic carbocycles. The van der Waals surface area contributed by atoms with Crippen molar-refractivity contribution < 1.29 is 13.2 Å². The average molecular weight is 380 g/mol. The molecule has 0 unspecified atom stereocenters. The molecule has 0 N–H and O–H groups in total. The van der Waals surface area contributed by atoms with Gasteiger partial charge in [0.2, 0.25) is 15.9 Å². The SMILES string of the molecule is CN(CC1CCN(CC(=O)N2CCCc3ccccc32)CC1)S(C)(=O)=O. The second-order valence-electron chi connectivity index (χ2n) is 7.54. The number of nitrogens with zero attached hydrogens (tertiary/aromatic N) is 3. The molecule has 144 valence electrons. The predicted octanol–water partition coefficient (Wildman–Crippen LogP) is 1.57. The Labute approximate surface area is 156 Å². The molecule has 2 heterocycles. The van der Waals surface area contributed by atoms with Crippen LogP contribution in [0.1, 0.15) is 24.8 Å². The van der Waals surface area contributed by atoms with Crippen LogP contribution < -0.4 is 4.90 Å². The number of para-hydroxylation sites is 1. The Morgan fingerprint density at radius 3 is 2.58 bits per heavy atom. The van der Waals surface area contributed by atoms with Crippen molar-refractivity contribution in [1.82, 2.24) is 9.21 Å². The molecule has 26 heavy (non-hydrogen) atoms. The number of likely N-dealkylation sites (tertiary alicyclic amines) is 1. The molecule has 1 aromatic rings. The summed E-state index contributed by atoms with van der Waals surface area (Å²) in [5.41, 5.74) is 2.32. The Balaban J connectivity index is 1.52. The number of rotatable bonds is 5. The van der Waals surface area contributed by atoms with Crippen LogP contribution in [0, 0.1) is 5.92 Å². The first-order valence-corrected chi connectivity index (χ1v) is 11.2. The maximum Gasteiger partial charge on any atom is 0.241 e. The van der Waals surface area contributed by atoms with Gasteiger partial charge in [0.1, 0.15) is 0 Å². The van der Waals surface area contributed by atoms with Crippen molar-refractivity contribution in [3.63, 3.8) is 0 Å². The van der Waals surface area contributed by atoms with E-state index in [0.29, 0.717) is 19.0 Å². The van der Waals surface area contributed by atoms with E-state index in [4.69, 9.17) is 0 Å². The quantitative estimate of drug-likeness (QED) is 0.779. The van der Waals surface area contributed by atoms with Crippen LogP contribution in [0.3, 0.4) is 0 Å². The van der Waals surface area contributed by atoms with Crippen molar-refractivity contribution in [3.8, 4) is 0 Å². The summed E-state index contributed by atoms with van der Waals surface area (Å²) in [6.07, 6.45) is 5.17. The van der Waals surface area contributed by atoms with Gasteiger partial charge in [-0.25, -0.2) is 12.7 Å². The summed E-state index contributed by atoms with van der Waals surface area (Å²) in [5, 5.41) is 0. The van der Waals surface area contributed by atoms with Crippen LogP contribution in [0.25, 0.3) is 0 Å². The molecule has 6 nitrogen and oxygen atoms in total. The maximum atomic E-state index is 12.8. The predicted molar refractivity (Wildman–Crippen MR) is 104 cm³/mol. The lowest BCUT2D eigenvalue weighted by Crippen LogP contribution is -2.46. The van der Waals surface area contributed by atoms with E-state index in [2.05, 4.69) is 11.0 Å². The van der Waals surface area contributed by atoms with E-state index in [0.717, 1.165) is 51.0 Å².